The lowest BCUT2D eigenvalue weighted by Crippen LogP contribution is -2.01. The van der Waals surface area contributed by atoms with Gasteiger partial charge in [0.05, 0.1) is 12.0 Å². The van der Waals surface area contributed by atoms with Crippen LogP contribution < -0.4 is 4.74 Å². The minimum absolute atomic E-state index is 0.609. The third kappa shape index (κ3) is 3.37. The van der Waals surface area contributed by atoms with Crippen LogP contribution in [0.1, 0.15) is 36.0 Å². The van der Waals surface area contributed by atoms with Crippen LogP contribution in [0.3, 0.4) is 0 Å². The van der Waals surface area contributed by atoms with Gasteiger partial charge in [0.25, 0.3) is 0 Å². The van der Waals surface area contributed by atoms with E-state index in [9.17, 15) is 5.11 Å². The van der Waals surface area contributed by atoms with Gasteiger partial charge in [-0.2, -0.15) is 0 Å². The van der Waals surface area contributed by atoms with Crippen molar-refractivity contribution >= 4 is 11.3 Å². The second kappa shape index (κ2) is 6.22. The number of thiophene rings is 1. The van der Waals surface area contributed by atoms with Crippen molar-refractivity contribution in [3.8, 4) is 5.75 Å². The highest BCUT2D eigenvalue weighted by Gasteiger charge is 2.17. The summed E-state index contributed by atoms with van der Waals surface area (Å²) in [6, 6.07) is 10.1. The molecule has 1 atom stereocenters. The van der Waals surface area contributed by atoms with Gasteiger partial charge in [0.2, 0.25) is 0 Å². The maximum atomic E-state index is 10.5. The largest absolute Gasteiger partial charge is 0.495 e. The molecule has 102 valence electrons. The Kier molecular flexibility index (Phi) is 4.61. The van der Waals surface area contributed by atoms with E-state index in [-0.39, 0.29) is 0 Å². The summed E-state index contributed by atoms with van der Waals surface area (Å²) < 4.78 is 5.27. The summed E-state index contributed by atoms with van der Waals surface area (Å²) >= 11 is 1.52. The molecule has 1 unspecified atom stereocenters. The smallest absolute Gasteiger partial charge is 0.135 e. The van der Waals surface area contributed by atoms with Crippen molar-refractivity contribution in [1.82, 2.24) is 0 Å². The first kappa shape index (κ1) is 14.1. The predicted molar refractivity (Wildman–Crippen MR) is 79.9 cm³/mol. The summed E-state index contributed by atoms with van der Waals surface area (Å²) in [4.78, 5) is 0.865. The molecule has 2 nitrogen and oxygen atoms in total. The van der Waals surface area contributed by atoms with Crippen molar-refractivity contribution in [3.63, 3.8) is 0 Å². The van der Waals surface area contributed by atoms with E-state index in [1.807, 2.05) is 23.6 Å². The lowest BCUT2D eigenvalue weighted by Gasteiger charge is -2.13. The minimum Gasteiger partial charge on any atom is -0.495 e. The standard InChI is InChI=1S/C16H20O2S/c1-11(2)9-12-5-4-6-13(10-12)15(17)16-14(18-3)7-8-19-16/h4-8,10-11,15,17H,9H2,1-3H3. The normalized spacial score (nSPS) is 12.7. The second-order valence-electron chi connectivity index (χ2n) is 5.10. The molecule has 0 amide bonds. The average Bonchev–Trinajstić information content (AvgIpc) is 2.85. The summed E-state index contributed by atoms with van der Waals surface area (Å²) in [5.41, 5.74) is 2.20. The number of aliphatic hydroxyl groups excluding tert-OH is 1. The summed E-state index contributed by atoms with van der Waals surface area (Å²) in [6.07, 6.45) is 0.421. The van der Waals surface area contributed by atoms with Crippen molar-refractivity contribution in [3.05, 3.63) is 51.7 Å². The molecule has 0 fully saturated rings. The first-order valence-corrected chi connectivity index (χ1v) is 7.38. The molecule has 0 bridgehead atoms. The van der Waals surface area contributed by atoms with Gasteiger partial charge < -0.3 is 9.84 Å². The molecule has 0 aliphatic rings. The topological polar surface area (TPSA) is 29.5 Å². The van der Waals surface area contributed by atoms with Crippen LogP contribution in [0.5, 0.6) is 5.75 Å². The molecular weight excluding hydrogens is 256 g/mol. The number of aliphatic hydroxyl groups is 1. The summed E-state index contributed by atoms with van der Waals surface area (Å²) in [7, 11) is 1.63. The molecule has 19 heavy (non-hydrogen) atoms. The fraction of sp³-hybridized carbons (Fsp3) is 0.375. The van der Waals surface area contributed by atoms with E-state index in [2.05, 4.69) is 26.0 Å². The summed E-state index contributed by atoms with van der Waals surface area (Å²) in [5.74, 6) is 1.37. The number of hydrogen-bond donors (Lipinski definition) is 1. The zero-order valence-electron chi connectivity index (χ0n) is 11.6. The van der Waals surface area contributed by atoms with Crippen LogP contribution in [-0.4, -0.2) is 12.2 Å². The molecule has 1 N–H and O–H groups in total. The quantitative estimate of drug-likeness (QED) is 0.893. The van der Waals surface area contributed by atoms with Crippen molar-refractivity contribution in [2.75, 3.05) is 7.11 Å². The van der Waals surface area contributed by atoms with E-state index in [4.69, 9.17) is 4.74 Å². The Morgan fingerprint density at radius 3 is 2.74 bits per heavy atom. The van der Waals surface area contributed by atoms with E-state index in [0.29, 0.717) is 5.92 Å². The van der Waals surface area contributed by atoms with Gasteiger partial charge in [0.1, 0.15) is 11.9 Å². The summed E-state index contributed by atoms with van der Waals surface area (Å²) in [6.45, 7) is 4.40. The van der Waals surface area contributed by atoms with Crippen LogP contribution in [-0.2, 0) is 6.42 Å². The molecule has 2 rings (SSSR count). The van der Waals surface area contributed by atoms with Gasteiger partial charge >= 0.3 is 0 Å². The molecule has 1 heterocycles. The van der Waals surface area contributed by atoms with Crippen molar-refractivity contribution < 1.29 is 9.84 Å². The van der Waals surface area contributed by atoms with E-state index >= 15 is 0 Å². The average molecular weight is 276 g/mol. The number of ether oxygens (including phenoxy) is 1. The van der Waals surface area contributed by atoms with E-state index in [1.165, 1.54) is 16.9 Å². The Labute approximate surface area is 118 Å². The lowest BCUT2D eigenvalue weighted by atomic mass is 9.98. The summed E-state index contributed by atoms with van der Waals surface area (Å²) in [5, 5.41) is 12.4. The minimum atomic E-state index is -0.609. The van der Waals surface area contributed by atoms with Crippen LogP contribution in [0.25, 0.3) is 0 Å². The third-order valence-corrected chi connectivity index (χ3v) is 3.99. The van der Waals surface area contributed by atoms with Gasteiger partial charge in [-0.15, -0.1) is 11.3 Å². The Balaban J connectivity index is 2.26. The van der Waals surface area contributed by atoms with Gasteiger partial charge in [-0.05, 0) is 34.9 Å². The van der Waals surface area contributed by atoms with Crippen LogP contribution in [0.4, 0.5) is 0 Å². The van der Waals surface area contributed by atoms with Crippen molar-refractivity contribution in [2.45, 2.75) is 26.4 Å². The molecule has 1 aromatic carbocycles. The van der Waals surface area contributed by atoms with E-state index in [0.717, 1.165) is 22.6 Å². The molecule has 0 spiro atoms. The van der Waals surface area contributed by atoms with Gasteiger partial charge in [-0.3, -0.25) is 0 Å². The third-order valence-electron chi connectivity index (χ3n) is 3.04. The predicted octanol–water partition coefficient (Wildman–Crippen LogP) is 4.04. The molecule has 2 aromatic rings. The van der Waals surface area contributed by atoms with Gasteiger partial charge in [0.15, 0.2) is 0 Å². The van der Waals surface area contributed by atoms with Crippen molar-refractivity contribution in [2.24, 2.45) is 5.92 Å². The molecule has 0 saturated heterocycles. The highest BCUT2D eigenvalue weighted by molar-refractivity contribution is 7.10. The molecular formula is C16H20O2S. The Morgan fingerprint density at radius 1 is 1.26 bits per heavy atom. The zero-order chi connectivity index (χ0) is 13.8. The lowest BCUT2D eigenvalue weighted by molar-refractivity contribution is 0.219. The number of benzene rings is 1. The number of hydrogen-bond acceptors (Lipinski definition) is 3. The monoisotopic (exact) mass is 276 g/mol. The van der Waals surface area contributed by atoms with Crippen LogP contribution >= 0.6 is 11.3 Å². The highest BCUT2D eigenvalue weighted by atomic mass is 32.1. The van der Waals surface area contributed by atoms with Crippen LogP contribution in [0.15, 0.2) is 35.7 Å². The Hall–Kier alpha value is -1.32. The maximum Gasteiger partial charge on any atom is 0.135 e. The first-order chi connectivity index (χ1) is 9.11. The Morgan fingerprint density at radius 2 is 2.05 bits per heavy atom. The van der Waals surface area contributed by atoms with Crippen LogP contribution in [0, 0.1) is 5.92 Å². The van der Waals surface area contributed by atoms with Crippen molar-refractivity contribution in [1.29, 1.82) is 0 Å². The maximum absolute atomic E-state index is 10.5. The molecule has 0 saturated carbocycles. The number of methoxy groups -OCH3 is 1. The first-order valence-electron chi connectivity index (χ1n) is 6.50. The molecule has 0 radical (unpaired) electrons. The molecule has 0 aliphatic heterocycles. The molecule has 3 heteroatoms. The Bertz CT molecular complexity index is 531. The fourth-order valence-corrected chi connectivity index (χ4v) is 3.06. The SMILES string of the molecule is COc1ccsc1C(O)c1cccc(CC(C)C)c1. The highest BCUT2D eigenvalue weighted by Crippen LogP contribution is 2.34. The van der Waals surface area contributed by atoms with Gasteiger partial charge in [0, 0.05) is 0 Å². The fourth-order valence-electron chi connectivity index (χ4n) is 2.19. The number of rotatable bonds is 5. The zero-order valence-corrected chi connectivity index (χ0v) is 12.4. The van der Waals surface area contributed by atoms with Gasteiger partial charge in [-0.25, -0.2) is 0 Å². The molecule has 0 aliphatic carbocycles. The van der Waals surface area contributed by atoms with E-state index in [1.54, 1.807) is 7.11 Å². The van der Waals surface area contributed by atoms with E-state index < -0.39 is 6.10 Å². The van der Waals surface area contributed by atoms with Gasteiger partial charge in [-0.1, -0.05) is 38.1 Å². The molecule has 1 aromatic heterocycles. The van der Waals surface area contributed by atoms with Crippen LogP contribution in [0.2, 0.25) is 0 Å². The second-order valence-corrected chi connectivity index (χ2v) is 6.05.